The summed E-state index contributed by atoms with van der Waals surface area (Å²) in [6, 6.07) is 7.20. The van der Waals surface area contributed by atoms with Crippen LogP contribution in [0, 0.1) is 6.92 Å². The van der Waals surface area contributed by atoms with Crippen LogP contribution in [-0.4, -0.2) is 21.8 Å². The fourth-order valence-corrected chi connectivity index (χ4v) is 1.97. The molecule has 0 N–H and O–H groups in total. The van der Waals surface area contributed by atoms with Gasteiger partial charge in [-0.1, -0.05) is 12.1 Å². The van der Waals surface area contributed by atoms with E-state index in [1.165, 1.54) is 4.09 Å². The van der Waals surface area contributed by atoms with Crippen molar-refractivity contribution in [2.75, 3.05) is 6.61 Å². The lowest BCUT2D eigenvalue weighted by Crippen LogP contribution is -2.11. The largest absolute Gasteiger partial charge is 0.472 e. The smallest absolute Gasteiger partial charge is 0.338 e. The predicted octanol–water partition coefficient (Wildman–Crippen LogP) is 2.64. The van der Waals surface area contributed by atoms with Crippen LogP contribution in [0.1, 0.15) is 28.4 Å². The van der Waals surface area contributed by atoms with Crippen molar-refractivity contribution in [3.05, 3.63) is 47.2 Å². The molecule has 20 heavy (non-hydrogen) atoms. The Labute approximate surface area is 123 Å². The predicted molar refractivity (Wildman–Crippen MR) is 78.1 cm³/mol. The minimum atomic E-state index is -0.338. The standard InChI is InChI=1S/C14H16N2O3S/c1-3-18-14(17)11-6-4-5-10(2)12(11)9-19-13-7-8-16(20)15-13/h4-8,20H,3,9H2,1-2H3. The quantitative estimate of drug-likeness (QED) is 0.680. The van der Waals surface area contributed by atoms with Crippen molar-refractivity contribution in [2.24, 2.45) is 0 Å². The van der Waals surface area contributed by atoms with Gasteiger partial charge in [0.2, 0.25) is 5.88 Å². The second kappa shape index (κ2) is 6.47. The zero-order valence-electron chi connectivity index (χ0n) is 11.4. The Morgan fingerprint density at radius 3 is 2.85 bits per heavy atom. The Kier molecular flexibility index (Phi) is 4.68. The van der Waals surface area contributed by atoms with Crippen LogP contribution < -0.4 is 4.74 Å². The van der Waals surface area contributed by atoms with E-state index in [4.69, 9.17) is 9.47 Å². The zero-order chi connectivity index (χ0) is 14.5. The third kappa shape index (κ3) is 3.33. The van der Waals surface area contributed by atoms with E-state index in [1.54, 1.807) is 25.3 Å². The molecular formula is C14H16N2O3S. The first-order valence-electron chi connectivity index (χ1n) is 6.25. The van der Waals surface area contributed by atoms with Gasteiger partial charge in [0.1, 0.15) is 6.61 Å². The van der Waals surface area contributed by atoms with Crippen molar-refractivity contribution in [1.82, 2.24) is 9.19 Å². The van der Waals surface area contributed by atoms with E-state index in [0.717, 1.165) is 11.1 Å². The van der Waals surface area contributed by atoms with Crippen molar-refractivity contribution in [1.29, 1.82) is 0 Å². The molecule has 6 heteroatoms. The second-order valence-electron chi connectivity index (χ2n) is 4.18. The molecule has 0 bridgehead atoms. The van der Waals surface area contributed by atoms with Crippen molar-refractivity contribution in [3.8, 4) is 5.88 Å². The lowest BCUT2D eigenvalue weighted by atomic mass is 10.0. The minimum absolute atomic E-state index is 0.256. The normalized spacial score (nSPS) is 10.3. The summed E-state index contributed by atoms with van der Waals surface area (Å²) in [6.45, 7) is 4.31. The molecule has 1 aromatic carbocycles. The first-order valence-corrected chi connectivity index (χ1v) is 6.65. The van der Waals surface area contributed by atoms with Gasteiger partial charge in [-0.3, -0.25) is 0 Å². The Morgan fingerprint density at radius 2 is 2.20 bits per heavy atom. The summed E-state index contributed by atoms with van der Waals surface area (Å²) in [5, 5.41) is 4.01. The average Bonchev–Trinajstić information content (AvgIpc) is 2.83. The molecule has 106 valence electrons. The van der Waals surface area contributed by atoms with Crippen molar-refractivity contribution >= 4 is 18.8 Å². The molecule has 1 aromatic heterocycles. The number of nitrogens with zero attached hydrogens (tertiary/aromatic N) is 2. The van der Waals surface area contributed by atoms with Gasteiger partial charge < -0.3 is 9.47 Å². The molecule has 0 aliphatic heterocycles. The molecule has 0 saturated heterocycles. The van der Waals surface area contributed by atoms with Crippen LogP contribution in [-0.2, 0) is 11.3 Å². The number of thiol groups is 1. The Bertz CT molecular complexity index is 610. The van der Waals surface area contributed by atoms with Gasteiger partial charge in [-0.15, -0.1) is 5.10 Å². The Hall–Kier alpha value is -1.95. The molecule has 5 nitrogen and oxygen atoms in total. The van der Waals surface area contributed by atoms with Gasteiger partial charge in [0, 0.05) is 17.8 Å². The topological polar surface area (TPSA) is 53.4 Å². The van der Waals surface area contributed by atoms with E-state index in [1.807, 2.05) is 19.1 Å². The summed E-state index contributed by atoms with van der Waals surface area (Å²) in [7, 11) is 0. The van der Waals surface area contributed by atoms with Crippen LogP contribution in [0.2, 0.25) is 0 Å². The highest BCUT2D eigenvalue weighted by Crippen LogP contribution is 2.18. The van der Waals surface area contributed by atoms with E-state index in [2.05, 4.69) is 17.9 Å². The number of hydrogen-bond acceptors (Lipinski definition) is 5. The van der Waals surface area contributed by atoms with Gasteiger partial charge in [0.25, 0.3) is 0 Å². The molecule has 0 atom stereocenters. The fourth-order valence-electron chi connectivity index (χ4n) is 1.82. The molecule has 0 aliphatic rings. The molecule has 2 aromatic rings. The summed E-state index contributed by atoms with van der Waals surface area (Å²) in [5.41, 5.74) is 2.30. The maximum Gasteiger partial charge on any atom is 0.338 e. The minimum Gasteiger partial charge on any atom is -0.472 e. The summed E-state index contributed by atoms with van der Waals surface area (Å²) in [6.07, 6.45) is 1.67. The van der Waals surface area contributed by atoms with Crippen LogP contribution in [0.25, 0.3) is 0 Å². The van der Waals surface area contributed by atoms with Crippen LogP contribution in [0.3, 0.4) is 0 Å². The molecule has 0 saturated carbocycles. The zero-order valence-corrected chi connectivity index (χ0v) is 12.3. The monoisotopic (exact) mass is 292 g/mol. The number of carbonyl (C=O) groups excluding carboxylic acids is 1. The summed E-state index contributed by atoms with van der Waals surface area (Å²) in [4.78, 5) is 11.9. The van der Waals surface area contributed by atoms with Gasteiger partial charge in [-0.2, -0.15) is 0 Å². The third-order valence-electron chi connectivity index (χ3n) is 2.82. The summed E-state index contributed by atoms with van der Waals surface area (Å²) >= 11 is 4.04. The van der Waals surface area contributed by atoms with Gasteiger partial charge >= 0.3 is 5.97 Å². The number of carbonyl (C=O) groups is 1. The number of hydrogen-bond donors (Lipinski definition) is 1. The second-order valence-corrected chi connectivity index (χ2v) is 4.59. The number of rotatable bonds is 5. The molecule has 1 heterocycles. The molecule has 0 amide bonds. The van der Waals surface area contributed by atoms with Crippen LogP contribution in [0.4, 0.5) is 0 Å². The maximum atomic E-state index is 11.9. The maximum absolute atomic E-state index is 11.9. The highest BCUT2D eigenvalue weighted by Gasteiger charge is 2.15. The molecule has 0 unspecified atom stereocenters. The Balaban J connectivity index is 2.19. The van der Waals surface area contributed by atoms with Crippen molar-refractivity contribution < 1.29 is 14.3 Å². The van der Waals surface area contributed by atoms with Gasteiger partial charge in [-0.05, 0) is 38.3 Å². The number of esters is 1. The average molecular weight is 292 g/mol. The highest BCUT2D eigenvalue weighted by atomic mass is 32.1. The van der Waals surface area contributed by atoms with Crippen LogP contribution in [0.15, 0.2) is 30.5 Å². The fraction of sp³-hybridized carbons (Fsp3) is 0.286. The molecule has 0 spiro atoms. The summed E-state index contributed by atoms with van der Waals surface area (Å²) in [5.74, 6) is 0.118. The first kappa shape index (κ1) is 14.5. The van der Waals surface area contributed by atoms with E-state index < -0.39 is 0 Å². The highest BCUT2D eigenvalue weighted by molar-refractivity contribution is 7.78. The van der Waals surface area contributed by atoms with E-state index in [0.29, 0.717) is 18.1 Å². The lowest BCUT2D eigenvalue weighted by Gasteiger charge is -2.11. The summed E-state index contributed by atoms with van der Waals surface area (Å²) < 4.78 is 12.0. The molecule has 0 aliphatic carbocycles. The van der Waals surface area contributed by atoms with Gasteiger partial charge in [0.05, 0.1) is 12.2 Å². The van der Waals surface area contributed by atoms with Crippen LogP contribution >= 0.6 is 12.8 Å². The van der Waals surface area contributed by atoms with E-state index in [-0.39, 0.29) is 12.6 Å². The lowest BCUT2D eigenvalue weighted by molar-refractivity contribution is 0.0523. The molecule has 0 fully saturated rings. The Morgan fingerprint density at radius 1 is 1.40 bits per heavy atom. The third-order valence-corrected chi connectivity index (χ3v) is 3.04. The van der Waals surface area contributed by atoms with Gasteiger partial charge in [-0.25, -0.2) is 8.88 Å². The van der Waals surface area contributed by atoms with Crippen molar-refractivity contribution in [2.45, 2.75) is 20.5 Å². The van der Waals surface area contributed by atoms with E-state index in [9.17, 15) is 4.79 Å². The number of ether oxygens (including phenoxy) is 2. The molecular weight excluding hydrogens is 276 g/mol. The molecule has 2 rings (SSSR count). The number of aromatic nitrogens is 2. The van der Waals surface area contributed by atoms with Crippen molar-refractivity contribution in [3.63, 3.8) is 0 Å². The van der Waals surface area contributed by atoms with Crippen LogP contribution in [0.5, 0.6) is 5.88 Å². The number of benzene rings is 1. The van der Waals surface area contributed by atoms with E-state index >= 15 is 0 Å². The first-order chi connectivity index (χ1) is 9.61. The van der Waals surface area contributed by atoms with Gasteiger partial charge in [0.15, 0.2) is 0 Å². The molecule has 0 radical (unpaired) electrons. The SMILES string of the molecule is CCOC(=O)c1cccc(C)c1COc1ccn(S)n1. The number of aryl methyl sites for hydroxylation is 1.